The summed E-state index contributed by atoms with van der Waals surface area (Å²) in [6.45, 7) is 1.69. The van der Waals surface area contributed by atoms with Crippen molar-refractivity contribution in [1.29, 1.82) is 0 Å². The van der Waals surface area contributed by atoms with Crippen LogP contribution >= 0.6 is 23.4 Å². The lowest BCUT2D eigenvalue weighted by molar-refractivity contribution is -0.137. The molecule has 0 radical (unpaired) electrons. The van der Waals surface area contributed by atoms with Gasteiger partial charge >= 0.3 is 6.18 Å². The number of alkyl halides is 3. The predicted molar refractivity (Wildman–Crippen MR) is 76.9 cm³/mol. The molecule has 10 heteroatoms. The lowest BCUT2D eigenvalue weighted by Crippen LogP contribution is -2.18. The largest absolute Gasteiger partial charge is 0.418 e. The van der Waals surface area contributed by atoms with Crippen LogP contribution in [0.3, 0.4) is 0 Å². The summed E-state index contributed by atoms with van der Waals surface area (Å²) in [4.78, 5) is 15.8. The number of thioether (sulfide) groups is 1. The molecule has 0 saturated carbocycles. The first-order chi connectivity index (χ1) is 10.3. The third-order valence-electron chi connectivity index (χ3n) is 2.49. The molecule has 2 N–H and O–H groups in total. The average molecular weight is 351 g/mol. The van der Waals surface area contributed by atoms with Gasteiger partial charge in [0.15, 0.2) is 0 Å². The van der Waals surface area contributed by atoms with Gasteiger partial charge in [-0.25, -0.2) is 4.98 Å². The van der Waals surface area contributed by atoms with Gasteiger partial charge in [0.1, 0.15) is 5.82 Å². The second-order valence-electron chi connectivity index (χ2n) is 4.20. The number of carbonyl (C=O) groups is 1. The standard InChI is InChI=1S/C12H10ClF3N4OS/c1-6-17-11(20-19-6)22-5-9(21)18-10-7(12(14,15)16)3-2-4-8(10)13/h2-4H,5H2,1H3,(H,18,21)(H,17,19,20). The summed E-state index contributed by atoms with van der Waals surface area (Å²) in [7, 11) is 0. The Kier molecular flexibility index (Phi) is 4.97. The number of H-pyrrole nitrogens is 1. The molecule has 1 aromatic carbocycles. The smallest absolute Gasteiger partial charge is 0.324 e. The third-order valence-corrected chi connectivity index (χ3v) is 3.65. The summed E-state index contributed by atoms with van der Waals surface area (Å²) in [5, 5.41) is 8.75. The Labute approximate surface area is 132 Å². The zero-order chi connectivity index (χ0) is 16.3. The molecule has 0 aliphatic carbocycles. The highest BCUT2D eigenvalue weighted by atomic mass is 35.5. The topological polar surface area (TPSA) is 70.7 Å². The van der Waals surface area contributed by atoms with Crippen molar-refractivity contribution in [3.05, 3.63) is 34.6 Å². The van der Waals surface area contributed by atoms with Crippen molar-refractivity contribution >= 4 is 35.0 Å². The monoisotopic (exact) mass is 350 g/mol. The molecular formula is C12H10ClF3N4OS. The number of halogens is 4. The first-order valence-corrected chi connectivity index (χ1v) is 7.31. The van der Waals surface area contributed by atoms with Gasteiger partial charge in [-0.05, 0) is 19.1 Å². The zero-order valence-corrected chi connectivity index (χ0v) is 12.7. The molecule has 1 amide bonds. The van der Waals surface area contributed by atoms with Crippen LogP contribution in [0.15, 0.2) is 23.4 Å². The van der Waals surface area contributed by atoms with E-state index in [0.717, 1.165) is 17.8 Å². The van der Waals surface area contributed by atoms with Crippen molar-refractivity contribution in [3.63, 3.8) is 0 Å². The molecule has 1 aromatic heterocycles. The molecule has 5 nitrogen and oxygen atoms in total. The summed E-state index contributed by atoms with van der Waals surface area (Å²) < 4.78 is 38.7. The van der Waals surface area contributed by atoms with Gasteiger partial charge in [-0.3, -0.25) is 9.89 Å². The van der Waals surface area contributed by atoms with Crippen molar-refractivity contribution in [1.82, 2.24) is 15.2 Å². The number of rotatable bonds is 4. The molecule has 0 saturated heterocycles. The predicted octanol–water partition coefficient (Wildman–Crippen LogP) is 3.52. The van der Waals surface area contributed by atoms with Crippen LogP contribution in [-0.2, 0) is 11.0 Å². The Hall–Kier alpha value is -1.74. The number of amides is 1. The molecule has 0 aliphatic rings. The van der Waals surface area contributed by atoms with Gasteiger partial charge in [-0.2, -0.15) is 13.2 Å². The molecule has 118 valence electrons. The van der Waals surface area contributed by atoms with Crippen LogP contribution in [0.4, 0.5) is 18.9 Å². The summed E-state index contributed by atoms with van der Waals surface area (Å²) in [5.74, 6) is -0.195. The molecule has 0 atom stereocenters. The lowest BCUT2D eigenvalue weighted by atomic mass is 10.1. The molecule has 2 rings (SSSR count). The number of benzene rings is 1. The number of aromatic amines is 1. The van der Waals surface area contributed by atoms with E-state index >= 15 is 0 Å². The van der Waals surface area contributed by atoms with Gasteiger partial charge < -0.3 is 5.32 Å². The first kappa shape index (κ1) is 16.6. The third kappa shape index (κ3) is 4.14. The van der Waals surface area contributed by atoms with Crippen molar-refractivity contribution in [2.75, 3.05) is 11.1 Å². The Morgan fingerprint density at radius 1 is 1.45 bits per heavy atom. The maximum Gasteiger partial charge on any atom is 0.418 e. The maximum absolute atomic E-state index is 12.9. The second kappa shape index (κ2) is 6.57. The van der Waals surface area contributed by atoms with Gasteiger partial charge in [-0.1, -0.05) is 29.4 Å². The van der Waals surface area contributed by atoms with E-state index in [-0.39, 0.29) is 10.8 Å². The van der Waals surface area contributed by atoms with Crippen LogP contribution in [0.1, 0.15) is 11.4 Å². The van der Waals surface area contributed by atoms with Gasteiger partial charge in [-0.15, -0.1) is 5.10 Å². The van der Waals surface area contributed by atoms with E-state index in [1.54, 1.807) is 6.92 Å². The first-order valence-electron chi connectivity index (χ1n) is 5.94. The number of para-hydroxylation sites is 1. The number of aryl methyl sites for hydroxylation is 1. The number of hydrogen-bond donors (Lipinski definition) is 2. The fourth-order valence-corrected chi connectivity index (χ4v) is 2.45. The number of nitrogens with one attached hydrogen (secondary N) is 2. The molecule has 0 bridgehead atoms. The van der Waals surface area contributed by atoms with Crippen molar-refractivity contribution < 1.29 is 18.0 Å². The summed E-state index contributed by atoms with van der Waals surface area (Å²) in [6.07, 6.45) is -4.61. The number of anilines is 1. The highest BCUT2D eigenvalue weighted by Crippen LogP contribution is 2.38. The molecule has 0 aliphatic heterocycles. The molecule has 1 heterocycles. The molecule has 0 fully saturated rings. The highest BCUT2D eigenvalue weighted by Gasteiger charge is 2.34. The van der Waals surface area contributed by atoms with Crippen molar-refractivity contribution in [2.45, 2.75) is 18.3 Å². The van der Waals surface area contributed by atoms with Crippen molar-refractivity contribution in [3.8, 4) is 0 Å². The Balaban J connectivity index is 2.08. The van der Waals surface area contributed by atoms with Gasteiger partial charge in [0.2, 0.25) is 11.1 Å². The van der Waals surface area contributed by atoms with Crippen LogP contribution in [0, 0.1) is 6.92 Å². The summed E-state index contributed by atoms with van der Waals surface area (Å²) in [6, 6.07) is 3.30. The minimum atomic E-state index is -4.61. The SMILES string of the molecule is Cc1nc(SCC(=O)Nc2c(Cl)cccc2C(F)(F)F)n[nH]1. The zero-order valence-electron chi connectivity index (χ0n) is 11.2. The molecule has 0 unspecified atom stereocenters. The van der Waals surface area contributed by atoms with Gasteiger partial charge in [0.05, 0.1) is 22.0 Å². The second-order valence-corrected chi connectivity index (χ2v) is 5.55. The minimum absolute atomic E-state index is 0.139. The van der Waals surface area contributed by atoms with E-state index in [4.69, 9.17) is 11.6 Å². The minimum Gasteiger partial charge on any atom is -0.324 e. The number of carbonyl (C=O) groups excluding carboxylic acids is 1. The van der Waals surface area contributed by atoms with E-state index in [1.165, 1.54) is 12.1 Å². The lowest BCUT2D eigenvalue weighted by Gasteiger charge is -2.14. The summed E-state index contributed by atoms with van der Waals surface area (Å²) >= 11 is 6.75. The number of aromatic nitrogens is 3. The van der Waals surface area contributed by atoms with Crippen LogP contribution in [0.2, 0.25) is 5.02 Å². The van der Waals surface area contributed by atoms with Crippen LogP contribution < -0.4 is 5.32 Å². The van der Waals surface area contributed by atoms with Crippen LogP contribution in [-0.4, -0.2) is 26.8 Å². The normalized spacial score (nSPS) is 11.5. The average Bonchev–Trinajstić information content (AvgIpc) is 2.83. The molecule has 22 heavy (non-hydrogen) atoms. The number of nitrogens with zero attached hydrogens (tertiary/aromatic N) is 2. The quantitative estimate of drug-likeness (QED) is 0.828. The van der Waals surface area contributed by atoms with Gasteiger partial charge in [0, 0.05) is 0 Å². The Bertz CT molecular complexity index is 689. The molecule has 0 spiro atoms. The van der Waals surface area contributed by atoms with Gasteiger partial charge in [0.25, 0.3) is 0 Å². The van der Waals surface area contributed by atoms with E-state index in [9.17, 15) is 18.0 Å². The highest BCUT2D eigenvalue weighted by molar-refractivity contribution is 7.99. The fraction of sp³-hybridized carbons (Fsp3) is 0.250. The summed E-state index contributed by atoms with van der Waals surface area (Å²) in [5.41, 5.74) is -1.44. The fourth-order valence-electron chi connectivity index (χ4n) is 1.58. The number of hydrogen-bond acceptors (Lipinski definition) is 4. The van der Waals surface area contributed by atoms with E-state index in [2.05, 4.69) is 20.5 Å². The van der Waals surface area contributed by atoms with E-state index in [0.29, 0.717) is 11.0 Å². The van der Waals surface area contributed by atoms with Crippen LogP contribution in [0.5, 0.6) is 0 Å². The van der Waals surface area contributed by atoms with E-state index in [1.807, 2.05) is 0 Å². The molecular weight excluding hydrogens is 341 g/mol. The Morgan fingerprint density at radius 3 is 2.77 bits per heavy atom. The van der Waals surface area contributed by atoms with Crippen molar-refractivity contribution in [2.24, 2.45) is 0 Å². The Morgan fingerprint density at radius 2 is 2.18 bits per heavy atom. The maximum atomic E-state index is 12.9. The van der Waals surface area contributed by atoms with Crippen LogP contribution in [0.25, 0.3) is 0 Å². The molecule has 2 aromatic rings. The van der Waals surface area contributed by atoms with E-state index < -0.39 is 23.3 Å².